The van der Waals surface area contributed by atoms with E-state index in [4.69, 9.17) is 0 Å². The molecule has 126 valence electrons. The van der Waals surface area contributed by atoms with E-state index in [-0.39, 0.29) is 11.4 Å². The van der Waals surface area contributed by atoms with Crippen molar-refractivity contribution in [2.75, 3.05) is 13.1 Å². The van der Waals surface area contributed by atoms with Gasteiger partial charge in [-0.2, -0.15) is 0 Å². The summed E-state index contributed by atoms with van der Waals surface area (Å²) in [6.45, 7) is 10.5. The molecule has 6 heteroatoms. The van der Waals surface area contributed by atoms with Crippen LogP contribution in [0.4, 0.5) is 4.79 Å². The number of nitrogens with zero attached hydrogens (tertiary/aromatic N) is 2. The first-order valence-electron chi connectivity index (χ1n) is 7.90. The van der Waals surface area contributed by atoms with Crippen LogP contribution in [0.3, 0.4) is 0 Å². The molecule has 0 atom stereocenters. The maximum atomic E-state index is 12.3. The predicted molar refractivity (Wildman–Crippen MR) is 98.3 cm³/mol. The molecule has 2 rings (SSSR count). The highest BCUT2D eigenvalue weighted by Gasteiger charge is 2.17. The van der Waals surface area contributed by atoms with Crippen LogP contribution in [0.2, 0.25) is 0 Å². The van der Waals surface area contributed by atoms with Crippen LogP contribution >= 0.6 is 22.7 Å². The molecule has 0 spiro atoms. The largest absolute Gasteiger partial charge is 0.338 e. The van der Waals surface area contributed by atoms with E-state index in [2.05, 4.69) is 42.5 Å². The van der Waals surface area contributed by atoms with E-state index < -0.39 is 0 Å². The van der Waals surface area contributed by atoms with Gasteiger partial charge in [0.05, 0.1) is 17.2 Å². The highest BCUT2D eigenvalue weighted by Crippen LogP contribution is 2.23. The molecule has 0 aliphatic heterocycles. The molecule has 0 unspecified atom stereocenters. The Morgan fingerprint density at radius 3 is 2.70 bits per heavy atom. The van der Waals surface area contributed by atoms with Gasteiger partial charge in [-0.05, 0) is 18.4 Å². The lowest BCUT2D eigenvalue weighted by Gasteiger charge is -2.20. The van der Waals surface area contributed by atoms with Gasteiger partial charge in [0.1, 0.15) is 0 Å². The minimum Gasteiger partial charge on any atom is -0.338 e. The Hall–Kier alpha value is -1.40. The summed E-state index contributed by atoms with van der Waals surface area (Å²) in [5, 5.41) is 8.24. The third-order valence-corrected chi connectivity index (χ3v) is 5.30. The van der Waals surface area contributed by atoms with Gasteiger partial charge in [0, 0.05) is 35.2 Å². The SMILES string of the molecule is CCN(Cc1cccs1)C(=O)NCCc1nc(C(C)(C)C)cs1. The van der Waals surface area contributed by atoms with Crippen molar-refractivity contribution < 1.29 is 4.79 Å². The number of aromatic nitrogens is 1. The maximum Gasteiger partial charge on any atom is 0.317 e. The molecule has 0 aliphatic rings. The zero-order valence-corrected chi connectivity index (χ0v) is 15.9. The van der Waals surface area contributed by atoms with E-state index in [0.29, 0.717) is 19.6 Å². The Bertz CT molecular complexity index is 614. The molecule has 0 aliphatic carbocycles. The summed E-state index contributed by atoms with van der Waals surface area (Å²) in [6, 6.07) is 4.07. The van der Waals surface area contributed by atoms with Crippen LogP contribution in [0.1, 0.15) is 43.3 Å². The van der Waals surface area contributed by atoms with Crippen molar-refractivity contribution in [1.29, 1.82) is 0 Å². The van der Waals surface area contributed by atoms with Gasteiger partial charge in [0.2, 0.25) is 0 Å². The highest BCUT2D eigenvalue weighted by atomic mass is 32.1. The van der Waals surface area contributed by atoms with Crippen molar-refractivity contribution in [3.63, 3.8) is 0 Å². The number of thiazole rings is 1. The van der Waals surface area contributed by atoms with Crippen molar-refractivity contribution in [2.24, 2.45) is 0 Å². The summed E-state index contributed by atoms with van der Waals surface area (Å²) in [5.74, 6) is 0. The number of hydrogen-bond donors (Lipinski definition) is 1. The van der Waals surface area contributed by atoms with Crippen molar-refractivity contribution in [2.45, 2.75) is 46.1 Å². The molecule has 0 saturated carbocycles. The molecule has 2 aromatic heterocycles. The zero-order valence-electron chi connectivity index (χ0n) is 14.3. The van der Waals surface area contributed by atoms with Gasteiger partial charge < -0.3 is 10.2 Å². The molecular weight excluding hydrogens is 326 g/mol. The van der Waals surface area contributed by atoms with Gasteiger partial charge in [-0.3, -0.25) is 0 Å². The van der Waals surface area contributed by atoms with E-state index in [1.54, 1.807) is 22.7 Å². The Kier molecular flexibility index (Phi) is 6.18. The van der Waals surface area contributed by atoms with Crippen LogP contribution in [-0.4, -0.2) is 29.0 Å². The standard InChI is InChI=1S/C17H25N3OS2/c1-5-20(11-13-7-6-10-22-13)16(21)18-9-8-15-19-14(12-23-15)17(2,3)4/h6-7,10,12H,5,8-9,11H2,1-4H3,(H,18,21). The summed E-state index contributed by atoms with van der Waals surface area (Å²) in [6.07, 6.45) is 0.781. The topological polar surface area (TPSA) is 45.2 Å². The average molecular weight is 352 g/mol. The molecule has 2 aromatic rings. The Labute approximate surface area is 146 Å². The number of carbonyl (C=O) groups is 1. The quantitative estimate of drug-likeness (QED) is 0.844. The van der Waals surface area contributed by atoms with Crippen molar-refractivity contribution in [3.8, 4) is 0 Å². The van der Waals surface area contributed by atoms with E-state index >= 15 is 0 Å². The smallest absolute Gasteiger partial charge is 0.317 e. The first-order chi connectivity index (χ1) is 10.9. The fraction of sp³-hybridized carbons (Fsp3) is 0.529. The lowest BCUT2D eigenvalue weighted by atomic mass is 9.93. The summed E-state index contributed by atoms with van der Waals surface area (Å²) in [4.78, 5) is 20.0. The predicted octanol–water partition coefficient (Wildman–Crippen LogP) is 4.28. The van der Waals surface area contributed by atoms with Crippen molar-refractivity contribution in [1.82, 2.24) is 15.2 Å². The Balaban J connectivity index is 1.80. The monoisotopic (exact) mass is 351 g/mol. The number of hydrogen-bond acceptors (Lipinski definition) is 4. The Morgan fingerprint density at radius 1 is 1.35 bits per heavy atom. The molecule has 0 bridgehead atoms. The second-order valence-corrected chi connectivity index (χ2v) is 8.43. The Morgan fingerprint density at radius 2 is 2.13 bits per heavy atom. The van der Waals surface area contributed by atoms with Crippen LogP contribution in [0.25, 0.3) is 0 Å². The molecule has 0 radical (unpaired) electrons. The molecule has 4 nitrogen and oxygen atoms in total. The molecule has 2 amide bonds. The summed E-state index contributed by atoms with van der Waals surface area (Å²) >= 11 is 3.35. The minimum absolute atomic E-state index is 0.00602. The number of nitrogens with one attached hydrogen (secondary N) is 1. The lowest BCUT2D eigenvalue weighted by molar-refractivity contribution is 0.199. The van der Waals surface area contributed by atoms with Gasteiger partial charge >= 0.3 is 6.03 Å². The average Bonchev–Trinajstić information content (AvgIpc) is 3.15. The summed E-state index contributed by atoms with van der Waals surface area (Å²) in [7, 11) is 0. The fourth-order valence-corrected chi connectivity index (χ4v) is 3.82. The van der Waals surface area contributed by atoms with Crippen molar-refractivity contribution >= 4 is 28.7 Å². The fourth-order valence-electron chi connectivity index (χ4n) is 2.08. The third-order valence-electron chi connectivity index (χ3n) is 3.53. The van der Waals surface area contributed by atoms with Crippen LogP contribution in [0, 0.1) is 0 Å². The first kappa shape index (κ1) is 17.9. The van der Waals surface area contributed by atoms with E-state index in [0.717, 1.165) is 17.1 Å². The molecule has 0 aromatic carbocycles. The number of urea groups is 1. The van der Waals surface area contributed by atoms with Gasteiger partial charge in [-0.15, -0.1) is 22.7 Å². The van der Waals surface area contributed by atoms with Crippen LogP contribution in [-0.2, 0) is 18.4 Å². The number of amides is 2. The first-order valence-corrected chi connectivity index (χ1v) is 9.66. The number of rotatable bonds is 6. The molecule has 23 heavy (non-hydrogen) atoms. The van der Waals surface area contributed by atoms with Crippen molar-refractivity contribution in [3.05, 3.63) is 38.5 Å². The summed E-state index contributed by atoms with van der Waals surface area (Å²) < 4.78 is 0. The molecule has 2 heterocycles. The van der Waals surface area contributed by atoms with Gasteiger partial charge in [0.25, 0.3) is 0 Å². The number of thiophene rings is 1. The second kappa shape index (κ2) is 7.93. The normalized spacial score (nSPS) is 11.5. The maximum absolute atomic E-state index is 12.3. The van der Waals surface area contributed by atoms with Crippen LogP contribution < -0.4 is 5.32 Å². The van der Waals surface area contributed by atoms with Gasteiger partial charge in [0.15, 0.2) is 0 Å². The molecule has 0 saturated heterocycles. The second-order valence-electron chi connectivity index (χ2n) is 6.45. The van der Waals surface area contributed by atoms with E-state index in [1.807, 2.05) is 23.3 Å². The van der Waals surface area contributed by atoms with Crippen LogP contribution in [0.15, 0.2) is 22.9 Å². The van der Waals surface area contributed by atoms with E-state index in [1.165, 1.54) is 4.88 Å². The number of carbonyl (C=O) groups excluding carboxylic acids is 1. The van der Waals surface area contributed by atoms with E-state index in [9.17, 15) is 4.79 Å². The molecule has 0 fully saturated rings. The minimum atomic E-state index is -0.00602. The lowest BCUT2D eigenvalue weighted by Crippen LogP contribution is -2.40. The van der Waals surface area contributed by atoms with Gasteiger partial charge in [-0.1, -0.05) is 26.8 Å². The highest BCUT2D eigenvalue weighted by molar-refractivity contribution is 7.10. The molecular formula is C17H25N3OS2. The third kappa shape index (κ3) is 5.32. The summed E-state index contributed by atoms with van der Waals surface area (Å²) in [5.41, 5.74) is 1.20. The van der Waals surface area contributed by atoms with Crippen LogP contribution in [0.5, 0.6) is 0 Å². The van der Waals surface area contributed by atoms with Gasteiger partial charge in [-0.25, -0.2) is 9.78 Å². The molecule has 1 N–H and O–H groups in total. The zero-order chi connectivity index (χ0) is 16.9.